The van der Waals surface area contributed by atoms with Crippen LogP contribution in [0.15, 0.2) is 18.6 Å². The summed E-state index contributed by atoms with van der Waals surface area (Å²) in [5.41, 5.74) is 6.20. The van der Waals surface area contributed by atoms with E-state index in [1.165, 1.54) is 11.0 Å². The van der Waals surface area contributed by atoms with Crippen molar-refractivity contribution >= 4 is 18.2 Å². The minimum absolute atomic E-state index is 0. The zero-order valence-electron chi connectivity index (χ0n) is 6.95. The molecule has 2 heterocycles. The summed E-state index contributed by atoms with van der Waals surface area (Å²) in [7, 11) is 1.83. The van der Waals surface area contributed by atoms with Crippen molar-refractivity contribution in [3.63, 3.8) is 0 Å². The van der Waals surface area contributed by atoms with Crippen LogP contribution in [0.1, 0.15) is 0 Å². The Morgan fingerprint density at radius 3 is 2.54 bits per heavy atom. The molecule has 0 spiro atoms. The molecule has 0 bridgehead atoms. The highest BCUT2D eigenvalue weighted by Crippen LogP contribution is 2.02. The van der Waals surface area contributed by atoms with E-state index in [9.17, 15) is 0 Å². The lowest BCUT2D eigenvalue weighted by Crippen LogP contribution is -1.97. The van der Waals surface area contributed by atoms with Crippen LogP contribution < -0.4 is 5.73 Å². The van der Waals surface area contributed by atoms with Gasteiger partial charge in [0.15, 0.2) is 5.82 Å². The highest BCUT2D eigenvalue weighted by Gasteiger charge is 2.00. The molecule has 70 valence electrons. The summed E-state index contributed by atoms with van der Waals surface area (Å²) in [6, 6.07) is 0. The largest absolute Gasteiger partial charge is 0.381 e. The molecule has 0 aliphatic heterocycles. The van der Waals surface area contributed by atoms with Gasteiger partial charge in [-0.05, 0) is 0 Å². The van der Waals surface area contributed by atoms with Crippen LogP contribution in [0.25, 0.3) is 5.69 Å². The fraction of sp³-hybridized carbons (Fsp3) is 0.167. The van der Waals surface area contributed by atoms with Crippen LogP contribution in [0.4, 0.5) is 5.82 Å². The smallest absolute Gasteiger partial charge is 0.166 e. The summed E-state index contributed by atoms with van der Waals surface area (Å²) in [4.78, 5) is 1.43. The number of hydrogen-bond acceptors (Lipinski definition) is 4. The molecule has 6 nitrogen and oxygen atoms in total. The first-order valence-electron chi connectivity index (χ1n) is 3.42. The fourth-order valence-corrected chi connectivity index (χ4v) is 0.911. The fourth-order valence-electron chi connectivity index (χ4n) is 0.911. The van der Waals surface area contributed by atoms with Crippen LogP contribution in [0.3, 0.4) is 0 Å². The Hall–Kier alpha value is -1.56. The number of nitrogens with zero attached hydrogens (tertiary/aromatic N) is 5. The molecule has 2 aromatic rings. The number of aryl methyl sites for hydroxylation is 1. The van der Waals surface area contributed by atoms with E-state index in [2.05, 4.69) is 15.3 Å². The first-order chi connectivity index (χ1) is 5.75. The van der Waals surface area contributed by atoms with Crippen LogP contribution in [0, 0.1) is 0 Å². The number of rotatable bonds is 1. The molecular weight excluding hydrogens is 192 g/mol. The summed E-state index contributed by atoms with van der Waals surface area (Å²) in [6.07, 6.45) is 4.96. The Morgan fingerprint density at radius 2 is 2.08 bits per heavy atom. The Balaban J connectivity index is 0.000000845. The maximum atomic E-state index is 5.40. The number of nitrogens with two attached hydrogens (primary N) is 1. The van der Waals surface area contributed by atoms with Gasteiger partial charge in [-0.25, -0.2) is 0 Å². The Morgan fingerprint density at radius 1 is 1.31 bits per heavy atom. The second-order valence-electron chi connectivity index (χ2n) is 2.43. The zero-order chi connectivity index (χ0) is 8.55. The summed E-state index contributed by atoms with van der Waals surface area (Å²) >= 11 is 0. The predicted molar refractivity (Wildman–Crippen MR) is 49.8 cm³/mol. The molecule has 0 amide bonds. The van der Waals surface area contributed by atoms with Crippen LogP contribution in [0.5, 0.6) is 0 Å². The number of anilines is 1. The van der Waals surface area contributed by atoms with Gasteiger partial charge in [-0.15, -0.1) is 22.3 Å². The zero-order valence-corrected chi connectivity index (χ0v) is 7.77. The molecule has 0 saturated carbocycles. The number of halogens is 1. The third-order valence-electron chi connectivity index (χ3n) is 1.43. The van der Waals surface area contributed by atoms with E-state index in [0.717, 1.165) is 5.69 Å². The van der Waals surface area contributed by atoms with E-state index < -0.39 is 0 Å². The molecule has 0 fully saturated rings. The second-order valence-corrected chi connectivity index (χ2v) is 2.43. The van der Waals surface area contributed by atoms with E-state index in [1.54, 1.807) is 17.1 Å². The van der Waals surface area contributed by atoms with Crippen LogP contribution in [0.2, 0.25) is 0 Å². The summed E-state index contributed by atoms with van der Waals surface area (Å²) in [5, 5.41) is 11.8. The van der Waals surface area contributed by atoms with E-state index in [1.807, 2.05) is 7.05 Å². The van der Waals surface area contributed by atoms with Crippen molar-refractivity contribution in [1.29, 1.82) is 0 Å². The van der Waals surface area contributed by atoms with Gasteiger partial charge in [-0.2, -0.15) is 10.2 Å². The lowest BCUT2D eigenvalue weighted by molar-refractivity contribution is 0.745. The normalized spacial score (nSPS) is 9.62. The number of hydrogen-bond donors (Lipinski definition) is 1. The standard InChI is InChI=1S/C6H8N6.ClH/c1-11-4-5(2-8-11)12-9-3-6(7)10-12;/h2-4H,1H3,(H2,7,10);1H. The molecule has 2 N–H and O–H groups in total. The van der Waals surface area contributed by atoms with Crippen molar-refractivity contribution in [2.45, 2.75) is 0 Å². The summed E-state index contributed by atoms with van der Waals surface area (Å²) in [5.74, 6) is 0.402. The average molecular weight is 201 g/mol. The highest BCUT2D eigenvalue weighted by molar-refractivity contribution is 5.85. The number of aromatic nitrogens is 5. The van der Waals surface area contributed by atoms with Gasteiger partial charge in [0.1, 0.15) is 5.69 Å². The molecule has 2 aromatic heterocycles. The SMILES string of the molecule is Cl.Cn1cc(-n2ncc(N)n2)cn1. The van der Waals surface area contributed by atoms with Gasteiger partial charge < -0.3 is 5.73 Å². The van der Waals surface area contributed by atoms with E-state index in [0.29, 0.717) is 5.82 Å². The number of nitrogen functional groups attached to an aromatic ring is 1. The Kier molecular flexibility index (Phi) is 2.52. The van der Waals surface area contributed by atoms with Gasteiger partial charge in [-0.1, -0.05) is 0 Å². The van der Waals surface area contributed by atoms with Crippen LogP contribution >= 0.6 is 12.4 Å². The van der Waals surface area contributed by atoms with Crippen molar-refractivity contribution in [2.24, 2.45) is 7.05 Å². The minimum atomic E-state index is 0. The molecule has 0 unspecified atom stereocenters. The van der Waals surface area contributed by atoms with E-state index in [4.69, 9.17) is 5.73 Å². The third kappa shape index (κ3) is 1.78. The van der Waals surface area contributed by atoms with Crippen molar-refractivity contribution in [2.75, 3.05) is 5.73 Å². The Labute approximate surface area is 80.7 Å². The molecule has 13 heavy (non-hydrogen) atoms. The van der Waals surface area contributed by atoms with E-state index >= 15 is 0 Å². The minimum Gasteiger partial charge on any atom is -0.381 e. The highest BCUT2D eigenvalue weighted by atomic mass is 35.5. The van der Waals surface area contributed by atoms with Crippen molar-refractivity contribution in [3.05, 3.63) is 18.6 Å². The maximum absolute atomic E-state index is 5.40. The molecule has 0 saturated heterocycles. The van der Waals surface area contributed by atoms with Crippen molar-refractivity contribution < 1.29 is 0 Å². The molecule has 0 aliphatic rings. The van der Waals surface area contributed by atoms with E-state index in [-0.39, 0.29) is 12.4 Å². The van der Waals surface area contributed by atoms with Gasteiger partial charge in [0, 0.05) is 7.05 Å². The molecule has 0 radical (unpaired) electrons. The van der Waals surface area contributed by atoms with Gasteiger partial charge in [0.25, 0.3) is 0 Å². The lowest BCUT2D eigenvalue weighted by Gasteiger charge is -1.90. The predicted octanol–water partition coefficient (Wildman–Crippen LogP) is 0.00480. The molecule has 0 aromatic carbocycles. The quantitative estimate of drug-likeness (QED) is 0.704. The van der Waals surface area contributed by atoms with Crippen LogP contribution in [-0.2, 0) is 7.05 Å². The second kappa shape index (κ2) is 3.44. The summed E-state index contributed by atoms with van der Waals surface area (Å²) < 4.78 is 1.68. The van der Waals surface area contributed by atoms with Crippen molar-refractivity contribution in [3.8, 4) is 5.69 Å². The van der Waals surface area contributed by atoms with Gasteiger partial charge in [0.2, 0.25) is 0 Å². The topological polar surface area (TPSA) is 74.5 Å². The first kappa shape index (κ1) is 9.53. The third-order valence-corrected chi connectivity index (χ3v) is 1.43. The maximum Gasteiger partial charge on any atom is 0.166 e. The van der Waals surface area contributed by atoms with Crippen molar-refractivity contribution in [1.82, 2.24) is 24.8 Å². The summed E-state index contributed by atoms with van der Waals surface area (Å²) in [6.45, 7) is 0. The molecule has 2 rings (SSSR count). The average Bonchev–Trinajstić information content (AvgIpc) is 2.58. The molecule has 0 atom stereocenters. The van der Waals surface area contributed by atoms with Gasteiger partial charge in [0.05, 0.1) is 18.6 Å². The lowest BCUT2D eigenvalue weighted by atomic mass is 10.6. The first-order valence-corrected chi connectivity index (χ1v) is 3.42. The van der Waals surface area contributed by atoms with Crippen LogP contribution in [-0.4, -0.2) is 24.8 Å². The van der Waals surface area contributed by atoms with Gasteiger partial charge in [-0.3, -0.25) is 4.68 Å². The Bertz CT molecular complexity index is 353. The molecule has 0 aliphatic carbocycles. The monoisotopic (exact) mass is 200 g/mol. The van der Waals surface area contributed by atoms with Gasteiger partial charge >= 0.3 is 0 Å². The molecule has 7 heteroatoms. The molecular formula is C6H9ClN6.